The van der Waals surface area contributed by atoms with E-state index in [-0.39, 0.29) is 6.54 Å². The number of nitrogens with one attached hydrogen (secondary N) is 2. The van der Waals surface area contributed by atoms with Crippen LogP contribution in [0.15, 0.2) is 30.6 Å². The van der Waals surface area contributed by atoms with Gasteiger partial charge in [-0.1, -0.05) is 6.07 Å². The van der Waals surface area contributed by atoms with Gasteiger partial charge in [0, 0.05) is 11.9 Å². The van der Waals surface area contributed by atoms with E-state index in [2.05, 4.69) is 15.7 Å². The summed E-state index contributed by atoms with van der Waals surface area (Å²) in [5.74, 6) is -1.49. The van der Waals surface area contributed by atoms with E-state index >= 15 is 0 Å². The molecular formula is C13H13FN4O3. The lowest BCUT2D eigenvalue weighted by Gasteiger charge is -2.08. The molecule has 1 aromatic heterocycles. The molecule has 0 unspecified atom stereocenters. The molecule has 1 aromatic carbocycles. The summed E-state index contributed by atoms with van der Waals surface area (Å²) in [6.45, 7) is 1.44. The van der Waals surface area contributed by atoms with Gasteiger partial charge in [0.15, 0.2) is 0 Å². The maximum atomic E-state index is 13.1. The first-order valence-corrected chi connectivity index (χ1v) is 6.02. The second-order valence-corrected chi connectivity index (χ2v) is 4.36. The normalized spacial score (nSPS) is 10.2. The van der Waals surface area contributed by atoms with E-state index in [1.165, 1.54) is 29.2 Å². The van der Waals surface area contributed by atoms with Crippen molar-refractivity contribution in [3.05, 3.63) is 42.0 Å². The van der Waals surface area contributed by atoms with Gasteiger partial charge in [0.2, 0.25) is 0 Å². The van der Waals surface area contributed by atoms with Gasteiger partial charge in [0.1, 0.15) is 12.4 Å². The van der Waals surface area contributed by atoms with E-state index in [1.807, 2.05) is 0 Å². The number of carbonyl (C=O) groups is 2. The number of urea groups is 1. The van der Waals surface area contributed by atoms with Crippen molar-refractivity contribution in [1.82, 2.24) is 9.78 Å². The van der Waals surface area contributed by atoms with E-state index in [9.17, 15) is 14.0 Å². The van der Waals surface area contributed by atoms with Crippen molar-refractivity contribution in [2.75, 3.05) is 10.6 Å². The number of hydrogen-bond acceptors (Lipinski definition) is 3. The number of aliphatic carboxylic acids is 1. The van der Waals surface area contributed by atoms with E-state index in [0.717, 1.165) is 0 Å². The standard InChI is InChI=1S/C13H13FN4O3/c1-8-2-3-9(14)4-11(8)17-13(21)16-10-5-15-18(6-10)7-12(19)20/h2-6H,7H2,1H3,(H,19,20)(H2,16,17,21). The Balaban J connectivity index is 2.00. The second-order valence-electron chi connectivity index (χ2n) is 4.36. The summed E-state index contributed by atoms with van der Waals surface area (Å²) in [5.41, 5.74) is 1.40. The number of aryl methyl sites for hydroxylation is 1. The van der Waals surface area contributed by atoms with E-state index in [0.29, 0.717) is 16.9 Å². The Labute approximate surface area is 119 Å². The van der Waals surface area contributed by atoms with Crippen molar-refractivity contribution < 1.29 is 19.1 Å². The Kier molecular flexibility index (Phi) is 4.17. The minimum absolute atomic E-state index is 0.299. The number of carboxylic acid groups (broad SMARTS) is 1. The van der Waals surface area contributed by atoms with Crippen LogP contribution in [0.4, 0.5) is 20.6 Å². The molecule has 2 rings (SSSR count). The summed E-state index contributed by atoms with van der Waals surface area (Å²) in [6, 6.07) is 3.49. The van der Waals surface area contributed by atoms with Crippen LogP contribution in [0.5, 0.6) is 0 Å². The zero-order chi connectivity index (χ0) is 15.4. The van der Waals surface area contributed by atoms with E-state index < -0.39 is 17.8 Å². The lowest BCUT2D eigenvalue weighted by atomic mass is 10.2. The summed E-state index contributed by atoms with van der Waals surface area (Å²) in [5, 5.41) is 17.4. The number of benzene rings is 1. The molecule has 110 valence electrons. The molecule has 21 heavy (non-hydrogen) atoms. The number of anilines is 2. The van der Waals surface area contributed by atoms with E-state index in [4.69, 9.17) is 5.11 Å². The first kappa shape index (κ1) is 14.5. The molecule has 0 saturated carbocycles. The van der Waals surface area contributed by atoms with Gasteiger partial charge in [-0.2, -0.15) is 5.10 Å². The van der Waals surface area contributed by atoms with Crippen LogP contribution in [0.2, 0.25) is 0 Å². The first-order valence-electron chi connectivity index (χ1n) is 6.02. The Morgan fingerprint density at radius 3 is 2.86 bits per heavy atom. The number of carbonyl (C=O) groups excluding carboxylic acids is 1. The van der Waals surface area contributed by atoms with Crippen LogP contribution in [0.25, 0.3) is 0 Å². The van der Waals surface area contributed by atoms with Crippen LogP contribution in [0, 0.1) is 12.7 Å². The molecule has 1 heterocycles. The highest BCUT2D eigenvalue weighted by molar-refractivity contribution is 6.00. The molecule has 3 N–H and O–H groups in total. The highest BCUT2D eigenvalue weighted by Gasteiger charge is 2.08. The molecule has 0 spiro atoms. The third-order valence-electron chi connectivity index (χ3n) is 2.64. The zero-order valence-corrected chi connectivity index (χ0v) is 11.1. The molecule has 0 radical (unpaired) electrons. The fourth-order valence-electron chi connectivity index (χ4n) is 1.67. The summed E-state index contributed by atoms with van der Waals surface area (Å²) in [7, 11) is 0. The van der Waals surface area contributed by atoms with Crippen LogP contribution in [0.1, 0.15) is 5.56 Å². The van der Waals surface area contributed by atoms with Crippen molar-refractivity contribution in [2.45, 2.75) is 13.5 Å². The van der Waals surface area contributed by atoms with Gasteiger partial charge in [-0.3, -0.25) is 9.48 Å². The maximum absolute atomic E-state index is 13.1. The zero-order valence-electron chi connectivity index (χ0n) is 11.1. The average Bonchev–Trinajstić information content (AvgIpc) is 2.80. The quantitative estimate of drug-likeness (QED) is 0.803. The number of carboxylic acids is 1. The summed E-state index contributed by atoms with van der Waals surface area (Å²) in [4.78, 5) is 22.3. The predicted octanol–water partition coefficient (Wildman–Crippen LogP) is 2.06. The molecule has 2 aromatic rings. The molecule has 0 bridgehead atoms. The Bertz CT molecular complexity index is 684. The number of hydrogen-bond donors (Lipinski definition) is 3. The Hall–Kier alpha value is -2.90. The van der Waals surface area contributed by atoms with Crippen LogP contribution in [-0.2, 0) is 11.3 Å². The van der Waals surface area contributed by atoms with Gasteiger partial charge in [0.25, 0.3) is 0 Å². The highest BCUT2D eigenvalue weighted by Crippen LogP contribution is 2.16. The van der Waals surface area contributed by atoms with Crippen LogP contribution >= 0.6 is 0 Å². The van der Waals surface area contributed by atoms with E-state index in [1.54, 1.807) is 13.0 Å². The van der Waals surface area contributed by atoms with Crippen LogP contribution in [-0.4, -0.2) is 26.9 Å². The van der Waals surface area contributed by atoms with Crippen molar-refractivity contribution in [2.24, 2.45) is 0 Å². The summed E-state index contributed by atoms with van der Waals surface area (Å²) in [6.07, 6.45) is 2.70. The third kappa shape index (κ3) is 4.03. The first-order chi connectivity index (χ1) is 9.94. The Morgan fingerprint density at radius 1 is 1.38 bits per heavy atom. The molecule has 7 nitrogen and oxygen atoms in total. The summed E-state index contributed by atoms with van der Waals surface area (Å²) < 4.78 is 14.3. The average molecular weight is 292 g/mol. The van der Waals surface area contributed by atoms with Crippen LogP contribution in [0.3, 0.4) is 0 Å². The van der Waals surface area contributed by atoms with Gasteiger partial charge in [0.05, 0.1) is 11.9 Å². The molecule has 8 heteroatoms. The van der Waals surface area contributed by atoms with Gasteiger partial charge < -0.3 is 15.7 Å². The molecule has 0 aliphatic rings. The monoisotopic (exact) mass is 292 g/mol. The minimum atomic E-state index is -1.04. The number of nitrogens with zero attached hydrogens (tertiary/aromatic N) is 2. The van der Waals surface area contributed by atoms with Gasteiger partial charge in [-0.05, 0) is 24.6 Å². The van der Waals surface area contributed by atoms with Gasteiger partial charge >= 0.3 is 12.0 Å². The van der Waals surface area contributed by atoms with Crippen molar-refractivity contribution in [3.63, 3.8) is 0 Å². The van der Waals surface area contributed by atoms with Gasteiger partial charge in [-0.15, -0.1) is 0 Å². The van der Waals surface area contributed by atoms with Crippen molar-refractivity contribution >= 4 is 23.4 Å². The van der Waals surface area contributed by atoms with Crippen molar-refractivity contribution in [3.8, 4) is 0 Å². The molecule has 0 fully saturated rings. The molecule has 0 atom stereocenters. The lowest BCUT2D eigenvalue weighted by molar-refractivity contribution is -0.137. The number of aromatic nitrogens is 2. The lowest BCUT2D eigenvalue weighted by Crippen LogP contribution is -2.19. The number of amides is 2. The second kappa shape index (κ2) is 6.04. The molecule has 2 amide bonds. The minimum Gasteiger partial charge on any atom is -0.480 e. The predicted molar refractivity (Wildman–Crippen MR) is 73.6 cm³/mol. The van der Waals surface area contributed by atoms with Gasteiger partial charge in [-0.25, -0.2) is 9.18 Å². The topological polar surface area (TPSA) is 96.3 Å². The fraction of sp³-hybridized carbons (Fsp3) is 0.154. The molecule has 0 aliphatic carbocycles. The SMILES string of the molecule is Cc1ccc(F)cc1NC(=O)Nc1cnn(CC(=O)O)c1. The molecule has 0 saturated heterocycles. The number of rotatable bonds is 4. The van der Waals surface area contributed by atoms with Crippen molar-refractivity contribution in [1.29, 1.82) is 0 Å². The smallest absolute Gasteiger partial charge is 0.325 e. The van der Waals surface area contributed by atoms with Crippen LogP contribution < -0.4 is 10.6 Å². The Morgan fingerprint density at radius 2 is 2.14 bits per heavy atom. The highest BCUT2D eigenvalue weighted by atomic mass is 19.1. The number of halogens is 1. The molecule has 0 aliphatic heterocycles. The fourth-order valence-corrected chi connectivity index (χ4v) is 1.67. The maximum Gasteiger partial charge on any atom is 0.325 e. The summed E-state index contributed by atoms with van der Waals surface area (Å²) >= 11 is 0. The molecular weight excluding hydrogens is 279 g/mol. The third-order valence-corrected chi connectivity index (χ3v) is 2.64. The largest absolute Gasteiger partial charge is 0.480 e.